The van der Waals surface area contributed by atoms with E-state index in [0.29, 0.717) is 12.8 Å². The molecule has 1 aliphatic rings. The number of hydrogen-bond donors (Lipinski definition) is 1. The first-order chi connectivity index (χ1) is 9.31. The predicted molar refractivity (Wildman–Crippen MR) is 76.9 cm³/mol. The molecule has 0 amide bonds. The molecule has 3 rings (SSSR count). The fraction of sp³-hybridized carbons (Fsp3) is 0.333. The third-order valence-electron chi connectivity index (χ3n) is 3.18. The summed E-state index contributed by atoms with van der Waals surface area (Å²) in [5.41, 5.74) is 1.22. The van der Waals surface area contributed by atoms with E-state index in [1.807, 2.05) is 23.5 Å². The molecular weight excluding hydrogens is 258 g/mol. The van der Waals surface area contributed by atoms with Gasteiger partial charge >= 0.3 is 0 Å². The van der Waals surface area contributed by atoms with Gasteiger partial charge in [0, 0.05) is 17.5 Å². The zero-order chi connectivity index (χ0) is 13.1. The van der Waals surface area contributed by atoms with Crippen LogP contribution in [0.1, 0.15) is 17.4 Å². The first-order valence-corrected chi connectivity index (χ1v) is 7.33. The van der Waals surface area contributed by atoms with Crippen LogP contribution in [-0.4, -0.2) is 12.8 Å². The summed E-state index contributed by atoms with van der Waals surface area (Å²) in [5, 5.41) is 5.66. The van der Waals surface area contributed by atoms with Crippen LogP contribution in [0.4, 0.5) is 0 Å². The molecule has 1 unspecified atom stereocenters. The van der Waals surface area contributed by atoms with E-state index in [-0.39, 0.29) is 0 Å². The molecule has 1 N–H and O–H groups in total. The van der Waals surface area contributed by atoms with E-state index in [0.717, 1.165) is 24.5 Å². The monoisotopic (exact) mass is 275 g/mol. The second-order valence-electron chi connectivity index (χ2n) is 4.75. The molecule has 100 valence electrons. The lowest BCUT2D eigenvalue weighted by molar-refractivity contribution is 0.174. The number of ether oxygens (including phenoxy) is 2. The average Bonchev–Trinajstić information content (AvgIpc) is 3.06. The molecule has 0 aliphatic carbocycles. The van der Waals surface area contributed by atoms with Crippen molar-refractivity contribution in [1.29, 1.82) is 0 Å². The highest BCUT2D eigenvalue weighted by atomic mass is 32.1. The molecule has 0 saturated heterocycles. The average molecular weight is 275 g/mol. The molecule has 2 aromatic rings. The van der Waals surface area contributed by atoms with Crippen molar-refractivity contribution in [2.45, 2.75) is 25.9 Å². The number of rotatable bonds is 5. The lowest BCUT2D eigenvalue weighted by Gasteiger charge is -2.13. The fourth-order valence-electron chi connectivity index (χ4n) is 2.15. The Morgan fingerprint density at radius 2 is 2.16 bits per heavy atom. The third kappa shape index (κ3) is 3.08. The first kappa shape index (κ1) is 12.5. The van der Waals surface area contributed by atoms with Crippen LogP contribution in [-0.2, 0) is 13.0 Å². The highest BCUT2D eigenvalue weighted by molar-refractivity contribution is 7.09. The van der Waals surface area contributed by atoms with Gasteiger partial charge in [-0.3, -0.25) is 0 Å². The summed E-state index contributed by atoms with van der Waals surface area (Å²) in [4.78, 5) is 1.42. The number of hydrogen-bond acceptors (Lipinski definition) is 4. The summed E-state index contributed by atoms with van der Waals surface area (Å²) in [6, 6.07) is 10.9. The van der Waals surface area contributed by atoms with Gasteiger partial charge in [-0.15, -0.1) is 11.3 Å². The van der Waals surface area contributed by atoms with Crippen molar-refractivity contribution in [3.8, 4) is 11.5 Å². The summed E-state index contributed by atoms with van der Waals surface area (Å²) in [7, 11) is 0. The molecule has 3 nitrogen and oxygen atoms in total. The molecule has 1 aliphatic heterocycles. The lowest BCUT2D eigenvalue weighted by atomic mass is 10.1. The zero-order valence-corrected chi connectivity index (χ0v) is 11.7. The van der Waals surface area contributed by atoms with Gasteiger partial charge in [-0.05, 0) is 42.5 Å². The van der Waals surface area contributed by atoms with Crippen molar-refractivity contribution in [2.24, 2.45) is 0 Å². The number of nitrogens with one attached hydrogen (secondary N) is 1. The number of thiophene rings is 1. The smallest absolute Gasteiger partial charge is 0.231 e. The molecule has 1 atom stereocenters. The quantitative estimate of drug-likeness (QED) is 0.909. The normalized spacial score (nSPS) is 14.6. The van der Waals surface area contributed by atoms with Crippen LogP contribution in [0.2, 0.25) is 0 Å². The van der Waals surface area contributed by atoms with Crippen LogP contribution in [0.5, 0.6) is 11.5 Å². The molecule has 0 radical (unpaired) electrons. The summed E-state index contributed by atoms with van der Waals surface area (Å²) < 4.78 is 10.7. The van der Waals surface area contributed by atoms with E-state index in [1.165, 1.54) is 10.4 Å². The van der Waals surface area contributed by atoms with E-state index < -0.39 is 0 Å². The third-order valence-corrected chi connectivity index (χ3v) is 4.08. The Labute approximate surface area is 117 Å². The Morgan fingerprint density at radius 3 is 3.00 bits per heavy atom. The van der Waals surface area contributed by atoms with Gasteiger partial charge in [0.1, 0.15) is 0 Å². The van der Waals surface area contributed by atoms with Crippen molar-refractivity contribution in [1.82, 2.24) is 5.32 Å². The molecular formula is C15H17NO2S. The summed E-state index contributed by atoms with van der Waals surface area (Å²) in [6.07, 6.45) is 1.07. The van der Waals surface area contributed by atoms with Crippen molar-refractivity contribution in [3.63, 3.8) is 0 Å². The predicted octanol–water partition coefficient (Wildman–Crippen LogP) is 3.20. The van der Waals surface area contributed by atoms with Gasteiger partial charge in [-0.2, -0.15) is 0 Å². The van der Waals surface area contributed by atoms with E-state index in [9.17, 15) is 0 Å². The van der Waals surface area contributed by atoms with Gasteiger partial charge in [0.15, 0.2) is 11.5 Å². The zero-order valence-electron chi connectivity index (χ0n) is 10.9. The maximum Gasteiger partial charge on any atom is 0.231 e. The topological polar surface area (TPSA) is 30.5 Å². The molecule has 4 heteroatoms. The summed E-state index contributed by atoms with van der Waals surface area (Å²) in [5.74, 6) is 1.69. The highest BCUT2D eigenvalue weighted by Gasteiger charge is 2.13. The highest BCUT2D eigenvalue weighted by Crippen LogP contribution is 2.32. The molecule has 0 bridgehead atoms. The van der Waals surface area contributed by atoms with Gasteiger partial charge in [-0.25, -0.2) is 0 Å². The molecule has 0 saturated carbocycles. The van der Waals surface area contributed by atoms with E-state index in [4.69, 9.17) is 9.47 Å². The molecule has 1 aromatic carbocycles. The maximum atomic E-state index is 5.38. The molecule has 0 fully saturated rings. The molecule has 2 heterocycles. The van der Waals surface area contributed by atoms with Gasteiger partial charge in [-0.1, -0.05) is 12.1 Å². The molecule has 19 heavy (non-hydrogen) atoms. The first-order valence-electron chi connectivity index (χ1n) is 6.45. The van der Waals surface area contributed by atoms with Gasteiger partial charge < -0.3 is 14.8 Å². The Kier molecular flexibility index (Phi) is 3.71. The van der Waals surface area contributed by atoms with Crippen LogP contribution >= 0.6 is 11.3 Å². The SMILES string of the molecule is CC(Cc1cccs1)NCc1ccc2c(c1)OCO2. The van der Waals surface area contributed by atoms with Crippen molar-refractivity contribution in [2.75, 3.05) is 6.79 Å². The van der Waals surface area contributed by atoms with Gasteiger partial charge in [0.05, 0.1) is 0 Å². The minimum Gasteiger partial charge on any atom is -0.454 e. The van der Waals surface area contributed by atoms with Crippen molar-refractivity contribution in [3.05, 3.63) is 46.2 Å². The summed E-state index contributed by atoms with van der Waals surface area (Å²) >= 11 is 1.81. The standard InChI is InChI=1S/C15H17NO2S/c1-11(7-13-3-2-6-19-13)16-9-12-4-5-14-15(8-12)18-10-17-14/h2-6,8,11,16H,7,9-10H2,1H3. The fourth-order valence-corrected chi connectivity index (χ4v) is 2.98. The Bertz CT molecular complexity index is 539. The van der Waals surface area contributed by atoms with Crippen molar-refractivity contribution < 1.29 is 9.47 Å². The van der Waals surface area contributed by atoms with Crippen LogP contribution in [0.25, 0.3) is 0 Å². The number of fused-ring (bicyclic) bond motifs is 1. The van der Waals surface area contributed by atoms with Crippen molar-refractivity contribution >= 4 is 11.3 Å². The van der Waals surface area contributed by atoms with Gasteiger partial charge in [0.25, 0.3) is 0 Å². The van der Waals surface area contributed by atoms with E-state index >= 15 is 0 Å². The lowest BCUT2D eigenvalue weighted by Crippen LogP contribution is -2.27. The van der Waals surface area contributed by atoms with Crippen LogP contribution in [0.3, 0.4) is 0 Å². The van der Waals surface area contributed by atoms with E-state index in [1.54, 1.807) is 0 Å². The largest absolute Gasteiger partial charge is 0.454 e. The number of benzene rings is 1. The second-order valence-corrected chi connectivity index (χ2v) is 5.79. The summed E-state index contributed by atoms with van der Waals surface area (Å²) in [6.45, 7) is 3.40. The van der Waals surface area contributed by atoms with Crippen LogP contribution in [0, 0.1) is 0 Å². The second kappa shape index (κ2) is 5.63. The molecule has 0 spiro atoms. The Hall–Kier alpha value is -1.52. The Balaban J connectivity index is 1.54. The molecule has 1 aromatic heterocycles. The minimum absolute atomic E-state index is 0.334. The Morgan fingerprint density at radius 1 is 1.26 bits per heavy atom. The maximum absolute atomic E-state index is 5.38. The van der Waals surface area contributed by atoms with Gasteiger partial charge in [0.2, 0.25) is 6.79 Å². The minimum atomic E-state index is 0.334. The van der Waals surface area contributed by atoms with E-state index in [2.05, 4.69) is 35.8 Å². The van der Waals surface area contributed by atoms with Crippen LogP contribution < -0.4 is 14.8 Å². The van der Waals surface area contributed by atoms with Crippen LogP contribution in [0.15, 0.2) is 35.7 Å².